The minimum Gasteiger partial charge on any atom is -0.344 e. The minimum atomic E-state index is -0.914. The SMILES string of the molecule is C[C@H](NC(=O)c1cccc(Cl)c1)C(=O)N1CCC[C@H]1C(=O)N[C@H](C=O)CC=O. The molecule has 9 heteroatoms. The number of likely N-dealkylation sites (tertiary alicyclic amines) is 1. The number of carbonyl (C=O) groups excluding carboxylic acids is 5. The van der Waals surface area contributed by atoms with Gasteiger partial charge >= 0.3 is 0 Å². The molecule has 1 saturated heterocycles. The van der Waals surface area contributed by atoms with Crippen LogP contribution in [0, 0.1) is 0 Å². The molecular formula is C19H22ClN3O5. The molecule has 0 spiro atoms. The van der Waals surface area contributed by atoms with Crippen LogP contribution in [0.4, 0.5) is 0 Å². The van der Waals surface area contributed by atoms with Crippen molar-refractivity contribution in [1.82, 2.24) is 15.5 Å². The monoisotopic (exact) mass is 407 g/mol. The highest BCUT2D eigenvalue weighted by atomic mass is 35.5. The summed E-state index contributed by atoms with van der Waals surface area (Å²) in [6.07, 6.45) is 1.98. The number of nitrogens with one attached hydrogen (secondary N) is 2. The Bertz CT molecular complexity index is 770. The first-order valence-corrected chi connectivity index (χ1v) is 9.31. The lowest BCUT2D eigenvalue weighted by atomic mass is 10.1. The number of hydrogen-bond acceptors (Lipinski definition) is 5. The maximum atomic E-state index is 12.8. The Morgan fingerprint density at radius 1 is 1.29 bits per heavy atom. The molecule has 1 aromatic rings. The Kier molecular flexibility index (Phi) is 7.69. The molecule has 1 heterocycles. The van der Waals surface area contributed by atoms with E-state index in [1.807, 2.05) is 0 Å². The molecular weight excluding hydrogens is 386 g/mol. The van der Waals surface area contributed by atoms with Crippen LogP contribution in [0.1, 0.15) is 36.5 Å². The molecule has 3 amide bonds. The number of benzene rings is 1. The molecule has 2 rings (SSSR count). The van der Waals surface area contributed by atoms with E-state index in [0.29, 0.717) is 42.5 Å². The van der Waals surface area contributed by atoms with Crippen molar-refractivity contribution in [1.29, 1.82) is 0 Å². The number of rotatable bonds is 8. The van der Waals surface area contributed by atoms with E-state index in [2.05, 4.69) is 10.6 Å². The van der Waals surface area contributed by atoms with Gasteiger partial charge in [-0.25, -0.2) is 0 Å². The average Bonchev–Trinajstić information content (AvgIpc) is 3.16. The zero-order valence-corrected chi connectivity index (χ0v) is 16.1. The zero-order valence-electron chi connectivity index (χ0n) is 15.4. The van der Waals surface area contributed by atoms with Crippen LogP contribution >= 0.6 is 11.6 Å². The molecule has 0 aliphatic carbocycles. The lowest BCUT2D eigenvalue weighted by molar-refractivity contribution is -0.140. The summed E-state index contributed by atoms with van der Waals surface area (Å²) in [6, 6.07) is 3.83. The first-order valence-electron chi connectivity index (χ1n) is 8.93. The Morgan fingerprint density at radius 2 is 2.04 bits per heavy atom. The van der Waals surface area contributed by atoms with E-state index >= 15 is 0 Å². The van der Waals surface area contributed by atoms with Crippen molar-refractivity contribution in [3.05, 3.63) is 34.9 Å². The molecule has 0 radical (unpaired) electrons. The van der Waals surface area contributed by atoms with Crippen LogP contribution in [0.3, 0.4) is 0 Å². The van der Waals surface area contributed by atoms with Gasteiger partial charge in [0.25, 0.3) is 5.91 Å². The van der Waals surface area contributed by atoms with Gasteiger partial charge < -0.3 is 25.1 Å². The van der Waals surface area contributed by atoms with E-state index in [4.69, 9.17) is 11.6 Å². The van der Waals surface area contributed by atoms with E-state index in [0.717, 1.165) is 0 Å². The average molecular weight is 408 g/mol. The lowest BCUT2D eigenvalue weighted by Crippen LogP contribution is -2.54. The van der Waals surface area contributed by atoms with E-state index in [1.165, 1.54) is 11.0 Å². The third-order valence-corrected chi connectivity index (χ3v) is 4.72. The van der Waals surface area contributed by atoms with E-state index in [-0.39, 0.29) is 6.42 Å². The molecule has 1 aromatic carbocycles. The Balaban J connectivity index is 2.00. The second kappa shape index (κ2) is 9.98. The first kappa shape index (κ1) is 21.6. The Labute approximate surface area is 167 Å². The smallest absolute Gasteiger partial charge is 0.251 e. The molecule has 0 saturated carbocycles. The Morgan fingerprint density at radius 3 is 2.68 bits per heavy atom. The quantitative estimate of drug-likeness (QED) is 0.616. The van der Waals surface area contributed by atoms with Gasteiger partial charge in [-0.05, 0) is 38.0 Å². The molecule has 0 unspecified atom stereocenters. The van der Waals surface area contributed by atoms with Crippen LogP contribution < -0.4 is 10.6 Å². The number of nitrogens with zero attached hydrogens (tertiary/aromatic N) is 1. The summed E-state index contributed by atoms with van der Waals surface area (Å²) in [6.45, 7) is 1.91. The van der Waals surface area contributed by atoms with Crippen molar-refractivity contribution in [3.8, 4) is 0 Å². The van der Waals surface area contributed by atoms with Gasteiger partial charge in [-0.1, -0.05) is 17.7 Å². The van der Waals surface area contributed by atoms with Crippen molar-refractivity contribution in [3.63, 3.8) is 0 Å². The highest BCUT2D eigenvalue weighted by Gasteiger charge is 2.36. The van der Waals surface area contributed by atoms with Crippen molar-refractivity contribution in [2.45, 2.75) is 44.3 Å². The van der Waals surface area contributed by atoms with Crippen LogP contribution in [-0.4, -0.2) is 59.9 Å². The summed E-state index contributed by atoms with van der Waals surface area (Å²) in [4.78, 5) is 60.4. The first-order chi connectivity index (χ1) is 13.4. The largest absolute Gasteiger partial charge is 0.344 e. The predicted molar refractivity (Wildman–Crippen MR) is 102 cm³/mol. The van der Waals surface area contributed by atoms with Gasteiger partial charge in [-0.15, -0.1) is 0 Å². The summed E-state index contributed by atoms with van der Waals surface area (Å²) in [7, 11) is 0. The molecule has 0 aromatic heterocycles. The molecule has 8 nitrogen and oxygen atoms in total. The molecule has 1 aliphatic heterocycles. The standard InChI is InChI=1S/C19H22ClN3O5/c1-12(21-17(26)13-4-2-5-14(20)10-13)19(28)23-8-3-6-16(23)18(27)22-15(11-25)7-9-24/h2,4-5,9-12,15-16H,3,6-8H2,1H3,(H,21,26)(H,22,27)/t12-,15-,16-/m0/s1. The second-order valence-electron chi connectivity index (χ2n) is 6.55. The molecule has 3 atom stereocenters. The topological polar surface area (TPSA) is 113 Å². The zero-order chi connectivity index (χ0) is 20.7. The fourth-order valence-corrected chi connectivity index (χ4v) is 3.24. The molecule has 28 heavy (non-hydrogen) atoms. The van der Waals surface area contributed by atoms with Gasteiger partial charge in [0.15, 0.2) is 0 Å². The fourth-order valence-electron chi connectivity index (χ4n) is 3.05. The highest BCUT2D eigenvalue weighted by molar-refractivity contribution is 6.31. The number of halogens is 1. The highest BCUT2D eigenvalue weighted by Crippen LogP contribution is 2.19. The van der Waals surface area contributed by atoms with Gasteiger partial charge in [-0.2, -0.15) is 0 Å². The molecule has 2 N–H and O–H groups in total. The maximum absolute atomic E-state index is 12.8. The summed E-state index contributed by atoms with van der Waals surface area (Å²) in [5.74, 6) is -1.33. The van der Waals surface area contributed by atoms with Gasteiger partial charge in [0, 0.05) is 23.6 Å². The molecule has 1 aliphatic rings. The number of amides is 3. The second-order valence-corrected chi connectivity index (χ2v) is 6.99. The van der Waals surface area contributed by atoms with Crippen LogP contribution in [0.15, 0.2) is 24.3 Å². The number of carbonyl (C=O) groups is 5. The number of hydrogen-bond donors (Lipinski definition) is 2. The minimum absolute atomic E-state index is 0.123. The van der Waals surface area contributed by atoms with Crippen molar-refractivity contribution in [2.75, 3.05) is 6.54 Å². The van der Waals surface area contributed by atoms with Crippen LogP contribution in [0.2, 0.25) is 5.02 Å². The van der Waals surface area contributed by atoms with Gasteiger partial charge in [0.05, 0.1) is 6.04 Å². The van der Waals surface area contributed by atoms with E-state index in [9.17, 15) is 24.0 Å². The predicted octanol–water partition coefficient (Wildman–Crippen LogP) is 0.722. The molecule has 1 fully saturated rings. The van der Waals surface area contributed by atoms with Crippen molar-refractivity contribution >= 4 is 41.9 Å². The lowest BCUT2D eigenvalue weighted by Gasteiger charge is -2.27. The van der Waals surface area contributed by atoms with Gasteiger partial charge in [-0.3, -0.25) is 14.4 Å². The summed E-state index contributed by atoms with van der Waals surface area (Å²) >= 11 is 5.88. The third kappa shape index (κ3) is 5.39. The molecule has 0 bridgehead atoms. The third-order valence-electron chi connectivity index (χ3n) is 4.49. The van der Waals surface area contributed by atoms with Crippen molar-refractivity contribution in [2.24, 2.45) is 0 Å². The normalized spacial score (nSPS) is 18.1. The maximum Gasteiger partial charge on any atom is 0.251 e. The summed E-state index contributed by atoms with van der Waals surface area (Å²) in [5.41, 5.74) is 0.325. The van der Waals surface area contributed by atoms with Crippen LogP contribution in [0.5, 0.6) is 0 Å². The fraction of sp³-hybridized carbons (Fsp3) is 0.421. The summed E-state index contributed by atoms with van der Waals surface area (Å²) in [5, 5.41) is 5.49. The van der Waals surface area contributed by atoms with Crippen LogP contribution in [-0.2, 0) is 19.2 Å². The van der Waals surface area contributed by atoms with Gasteiger partial charge in [0.1, 0.15) is 24.7 Å². The van der Waals surface area contributed by atoms with E-state index in [1.54, 1.807) is 25.1 Å². The Hall–Kier alpha value is -2.74. The van der Waals surface area contributed by atoms with E-state index < -0.39 is 35.8 Å². The van der Waals surface area contributed by atoms with Crippen LogP contribution in [0.25, 0.3) is 0 Å². The van der Waals surface area contributed by atoms with Gasteiger partial charge in [0.2, 0.25) is 11.8 Å². The van der Waals surface area contributed by atoms with Crippen molar-refractivity contribution < 1.29 is 24.0 Å². The molecule has 150 valence electrons. The number of aldehydes is 2. The summed E-state index contributed by atoms with van der Waals surface area (Å²) < 4.78 is 0.